The second-order valence-corrected chi connectivity index (χ2v) is 5.67. The van der Waals surface area contributed by atoms with Crippen LogP contribution in [0.4, 0.5) is 5.69 Å². The molecule has 21 heavy (non-hydrogen) atoms. The molecule has 1 aliphatic heterocycles. The Morgan fingerprint density at radius 1 is 1.38 bits per heavy atom. The lowest BCUT2D eigenvalue weighted by atomic mass is 10.1. The Labute approximate surface area is 130 Å². The number of likely N-dealkylation sites (tertiary alicyclic amines) is 1. The molecule has 0 aliphatic carbocycles. The van der Waals surface area contributed by atoms with Crippen LogP contribution in [-0.4, -0.2) is 45.3 Å². The Bertz CT molecular complexity index is 507. The van der Waals surface area contributed by atoms with E-state index < -0.39 is 0 Å². The van der Waals surface area contributed by atoms with Gasteiger partial charge in [-0.2, -0.15) is 5.10 Å². The second-order valence-electron chi connectivity index (χ2n) is 5.26. The van der Waals surface area contributed by atoms with E-state index in [1.807, 2.05) is 4.90 Å². The lowest BCUT2D eigenvalue weighted by Gasteiger charge is -2.27. The fourth-order valence-electron chi connectivity index (χ4n) is 2.43. The Morgan fingerprint density at radius 2 is 2.10 bits per heavy atom. The van der Waals surface area contributed by atoms with Crippen LogP contribution in [0.15, 0.2) is 6.20 Å². The molecular formula is C14H23N5OS. The summed E-state index contributed by atoms with van der Waals surface area (Å²) in [5.74, 6) is 0.0236. The molecule has 0 aromatic carbocycles. The number of amides is 1. The van der Waals surface area contributed by atoms with E-state index in [1.165, 1.54) is 6.42 Å². The van der Waals surface area contributed by atoms with Crippen molar-refractivity contribution in [3.05, 3.63) is 11.9 Å². The van der Waals surface area contributed by atoms with E-state index in [4.69, 9.17) is 12.2 Å². The van der Waals surface area contributed by atoms with E-state index in [2.05, 4.69) is 22.7 Å². The zero-order chi connectivity index (χ0) is 15.2. The molecule has 1 fully saturated rings. The van der Waals surface area contributed by atoms with Gasteiger partial charge in [-0.25, -0.2) is 0 Å². The van der Waals surface area contributed by atoms with E-state index in [0.29, 0.717) is 16.5 Å². The van der Waals surface area contributed by atoms with Crippen LogP contribution in [0.3, 0.4) is 0 Å². The fourth-order valence-corrected chi connectivity index (χ4v) is 2.65. The van der Waals surface area contributed by atoms with Gasteiger partial charge < -0.3 is 15.5 Å². The number of hydrogen-bond acceptors (Lipinski definition) is 3. The Kier molecular flexibility index (Phi) is 5.55. The molecule has 7 heteroatoms. The van der Waals surface area contributed by atoms with Crippen molar-refractivity contribution >= 4 is 28.9 Å². The molecular weight excluding hydrogens is 286 g/mol. The number of aromatic nitrogens is 2. The molecule has 0 atom stereocenters. The lowest BCUT2D eigenvalue weighted by molar-refractivity contribution is 0.0714. The van der Waals surface area contributed by atoms with Crippen LogP contribution in [0.2, 0.25) is 0 Å². The number of nitrogens with zero attached hydrogens (tertiary/aromatic N) is 3. The van der Waals surface area contributed by atoms with Crippen LogP contribution < -0.4 is 10.6 Å². The van der Waals surface area contributed by atoms with Gasteiger partial charge in [-0.15, -0.1) is 0 Å². The van der Waals surface area contributed by atoms with Crippen molar-refractivity contribution in [2.45, 2.75) is 32.6 Å². The summed E-state index contributed by atoms with van der Waals surface area (Å²) in [4.78, 5) is 14.6. The topological polar surface area (TPSA) is 62.2 Å². The third-order valence-electron chi connectivity index (χ3n) is 3.57. The number of thiocarbonyl (C=S) groups is 1. The Morgan fingerprint density at radius 3 is 2.76 bits per heavy atom. The van der Waals surface area contributed by atoms with Gasteiger partial charge in [0, 0.05) is 26.7 Å². The van der Waals surface area contributed by atoms with Gasteiger partial charge >= 0.3 is 0 Å². The molecule has 116 valence electrons. The van der Waals surface area contributed by atoms with Crippen molar-refractivity contribution in [2.75, 3.05) is 25.0 Å². The highest BCUT2D eigenvalue weighted by atomic mass is 32.1. The number of carbonyl (C=O) groups excluding carboxylic acids is 1. The van der Waals surface area contributed by atoms with Gasteiger partial charge in [0.15, 0.2) is 5.11 Å². The minimum absolute atomic E-state index is 0.0236. The number of aryl methyl sites for hydroxylation is 1. The summed E-state index contributed by atoms with van der Waals surface area (Å²) in [7, 11) is 1.78. The van der Waals surface area contributed by atoms with Gasteiger partial charge in [0.1, 0.15) is 5.69 Å². The molecule has 1 aromatic heterocycles. The van der Waals surface area contributed by atoms with Gasteiger partial charge in [0.05, 0.1) is 11.9 Å². The molecule has 6 nitrogen and oxygen atoms in total. The number of piperidine rings is 1. The van der Waals surface area contributed by atoms with E-state index in [1.54, 1.807) is 17.9 Å². The monoisotopic (exact) mass is 309 g/mol. The summed E-state index contributed by atoms with van der Waals surface area (Å²) < 4.78 is 1.61. The summed E-state index contributed by atoms with van der Waals surface area (Å²) >= 11 is 5.23. The number of anilines is 1. The first-order valence-electron chi connectivity index (χ1n) is 7.49. The molecule has 0 saturated carbocycles. The van der Waals surface area contributed by atoms with Crippen molar-refractivity contribution in [1.82, 2.24) is 20.0 Å². The Balaban J connectivity index is 2.09. The molecule has 0 spiro atoms. The summed E-state index contributed by atoms with van der Waals surface area (Å²) in [6.45, 7) is 4.52. The van der Waals surface area contributed by atoms with Crippen molar-refractivity contribution in [1.29, 1.82) is 0 Å². The van der Waals surface area contributed by atoms with Crippen molar-refractivity contribution in [3.8, 4) is 0 Å². The van der Waals surface area contributed by atoms with Crippen LogP contribution in [0.25, 0.3) is 0 Å². The smallest absolute Gasteiger partial charge is 0.274 e. The molecule has 2 heterocycles. The average molecular weight is 309 g/mol. The zero-order valence-electron chi connectivity index (χ0n) is 12.7. The molecule has 1 saturated heterocycles. The summed E-state index contributed by atoms with van der Waals surface area (Å²) in [5.41, 5.74) is 1.24. The molecule has 2 N–H and O–H groups in total. The quantitative estimate of drug-likeness (QED) is 0.830. The SMILES string of the molecule is CCCNC(=S)Nc1cnn(C)c1C(=O)N1CCCCC1. The predicted octanol–water partition coefficient (Wildman–Crippen LogP) is 1.74. The van der Waals surface area contributed by atoms with E-state index in [-0.39, 0.29) is 5.91 Å². The standard InChI is InChI=1S/C14H23N5OS/c1-3-7-15-14(21)17-11-10-16-18(2)12(11)13(20)19-8-5-4-6-9-19/h10H,3-9H2,1-2H3,(H2,15,17,21). The van der Waals surface area contributed by atoms with Crippen LogP contribution in [0, 0.1) is 0 Å². The third kappa shape index (κ3) is 3.93. The lowest BCUT2D eigenvalue weighted by Crippen LogP contribution is -2.37. The summed E-state index contributed by atoms with van der Waals surface area (Å²) in [6.07, 6.45) is 5.99. The number of hydrogen-bond donors (Lipinski definition) is 2. The Hall–Kier alpha value is -1.63. The fraction of sp³-hybridized carbons (Fsp3) is 0.643. The molecule has 0 unspecified atom stereocenters. The maximum atomic E-state index is 12.7. The van der Waals surface area contributed by atoms with Gasteiger partial charge in [-0.05, 0) is 37.9 Å². The van der Waals surface area contributed by atoms with Crippen molar-refractivity contribution in [3.63, 3.8) is 0 Å². The van der Waals surface area contributed by atoms with Gasteiger partial charge in [-0.1, -0.05) is 6.92 Å². The maximum Gasteiger partial charge on any atom is 0.274 e. The summed E-state index contributed by atoms with van der Waals surface area (Å²) in [5, 5.41) is 10.9. The van der Waals surface area contributed by atoms with Gasteiger partial charge in [0.25, 0.3) is 5.91 Å². The highest BCUT2D eigenvalue weighted by molar-refractivity contribution is 7.80. The zero-order valence-corrected chi connectivity index (χ0v) is 13.5. The second kappa shape index (κ2) is 7.40. The average Bonchev–Trinajstić information content (AvgIpc) is 2.86. The molecule has 1 aromatic rings. The first-order chi connectivity index (χ1) is 10.1. The number of nitrogens with one attached hydrogen (secondary N) is 2. The maximum absolute atomic E-state index is 12.7. The predicted molar refractivity (Wildman–Crippen MR) is 87.5 cm³/mol. The van der Waals surface area contributed by atoms with E-state index in [0.717, 1.165) is 38.9 Å². The molecule has 0 radical (unpaired) electrons. The van der Waals surface area contributed by atoms with E-state index >= 15 is 0 Å². The number of rotatable bonds is 4. The molecule has 1 aliphatic rings. The van der Waals surface area contributed by atoms with Crippen molar-refractivity contribution < 1.29 is 4.79 Å². The molecule has 1 amide bonds. The van der Waals surface area contributed by atoms with Gasteiger partial charge in [-0.3, -0.25) is 9.48 Å². The van der Waals surface area contributed by atoms with Crippen LogP contribution >= 0.6 is 12.2 Å². The van der Waals surface area contributed by atoms with Gasteiger partial charge in [0.2, 0.25) is 0 Å². The minimum atomic E-state index is 0.0236. The highest BCUT2D eigenvalue weighted by Crippen LogP contribution is 2.19. The van der Waals surface area contributed by atoms with Crippen LogP contribution in [0.5, 0.6) is 0 Å². The minimum Gasteiger partial charge on any atom is -0.362 e. The van der Waals surface area contributed by atoms with Crippen molar-refractivity contribution in [2.24, 2.45) is 7.05 Å². The molecule has 0 bridgehead atoms. The first kappa shape index (κ1) is 15.8. The van der Waals surface area contributed by atoms with E-state index in [9.17, 15) is 4.79 Å². The number of carbonyl (C=O) groups is 1. The first-order valence-corrected chi connectivity index (χ1v) is 7.90. The normalized spacial score (nSPS) is 14.9. The van der Waals surface area contributed by atoms with Crippen LogP contribution in [0.1, 0.15) is 43.1 Å². The van der Waals surface area contributed by atoms with Crippen LogP contribution in [-0.2, 0) is 7.05 Å². The summed E-state index contributed by atoms with van der Waals surface area (Å²) in [6, 6.07) is 0. The largest absolute Gasteiger partial charge is 0.362 e. The highest BCUT2D eigenvalue weighted by Gasteiger charge is 2.24. The molecule has 2 rings (SSSR count). The third-order valence-corrected chi connectivity index (χ3v) is 3.81.